The van der Waals surface area contributed by atoms with Crippen LogP contribution in [0, 0.1) is 6.92 Å². The minimum atomic E-state index is 0.0123. The molecule has 0 fully saturated rings. The number of nitrogen functional groups attached to an aromatic ring is 1. The van der Waals surface area contributed by atoms with Crippen LogP contribution in [0.3, 0.4) is 0 Å². The van der Waals surface area contributed by atoms with Gasteiger partial charge in [-0.15, -0.1) is 0 Å². The molecule has 0 atom stereocenters. The molecule has 2 aromatic carbocycles. The lowest BCUT2D eigenvalue weighted by Crippen LogP contribution is -2.36. The van der Waals surface area contributed by atoms with Crippen LogP contribution in [0.1, 0.15) is 27.9 Å². The number of halogens is 1. The van der Waals surface area contributed by atoms with E-state index in [0.717, 1.165) is 35.1 Å². The van der Waals surface area contributed by atoms with Crippen molar-refractivity contribution in [2.24, 2.45) is 0 Å². The first kappa shape index (κ1) is 14.1. The summed E-state index contributed by atoms with van der Waals surface area (Å²) in [6, 6.07) is 11.6. The van der Waals surface area contributed by atoms with Crippen molar-refractivity contribution in [1.82, 2.24) is 0 Å². The molecule has 0 saturated carbocycles. The minimum absolute atomic E-state index is 0.0123. The molecule has 2 aromatic rings. The lowest BCUT2D eigenvalue weighted by molar-refractivity contribution is 0.0985. The second kappa shape index (κ2) is 5.53. The molecule has 1 heterocycles. The summed E-state index contributed by atoms with van der Waals surface area (Å²) in [5, 5.41) is 0. The highest BCUT2D eigenvalue weighted by Crippen LogP contribution is 2.32. The van der Waals surface area contributed by atoms with Crippen molar-refractivity contribution in [3.05, 3.63) is 57.6 Å². The summed E-state index contributed by atoms with van der Waals surface area (Å²) in [4.78, 5) is 14.8. The van der Waals surface area contributed by atoms with Crippen LogP contribution < -0.4 is 10.6 Å². The second-order valence-electron chi connectivity index (χ2n) is 5.42. The summed E-state index contributed by atoms with van der Waals surface area (Å²) in [5.74, 6) is 0.0123. The molecular formula is C17H17BrN2O. The van der Waals surface area contributed by atoms with E-state index in [1.165, 1.54) is 5.56 Å². The van der Waals surface area contributed by atoms with Crippen LogP contribution in [0.25, 0.3) is 0 Å². The molecule has 0 aliphatic carbocycles. The number of rotatable bonds is 1. The first-order chi connectivity index (χ1) is 10.1. The molecule has 1 aliphatic rings. The Morgan fingerprint density at radius 2 is 2.10 bits per heavy atom. The van der Waals surface area contributed by atoms with Crippen LogP contribution in [0.5, 0.6) is 0 Å². The molecule has 108 valence electrons. The zero-order chi connectivity index (χ0) is 15.0. The molecule has 21 heavy (non-hydrogen) atoms. The van der Waals surface area contributed by atoms with Crippen molar-refractivity contribution in [2.45, 2.75) is 19.8 Å². The number of benzene rings is 2. The van der Waals surface area contributed by atoms with Gasteiger partial charge in [-0.2, -0.15) is 0 Å². The SMILES string of the molecule is Cc1cccc2c1N(C(=O)c1cc(N)cc(Br)c1)CCC2. The Hall–Kier alpha value is -1.81. The third-order valence-electron chi connectivity index (χ3n) is 3.83. The monoisotopic (exact) mass is 344 g/mol. The smallest absolute Gasteiger partial charge is 0.258 e. The van der Waals surface area contributed by atoms with E-state index in [9.17, 15) is 4.79 Å². The van der Waals surface area contributed by atoms with Crippen molar-refractivity contribution in [1.29, 1.82) is 0 Å². The van der Waals surface area contributed by atoms with Gasteiger partial charge in [-0.25, -0.2) is 0 Å². The zero-order valence-corrected chi connectivity index (χ0v) is 13.5. The van der Waals surface area contributed by atoms with Crippen LogP contribution >= 0.6 is 15.9 Å². The van der Waals surface area contributed by atoms with Gasteiger partial charge in [0.25, 0.3) is 5.91 Å². The largest absolute Gasteiger partial charge is 0.399 e. The molecule has 0 bridgehead atoms. The second-order valence-corrected chi connectivity index (χ2v) is 6.33. The number of para-hydroxylation sites is 1. The van der Waals surface area contributed by atoms with Crippen molar-refractivity contribution in [3.63, 3.8) is 0 Å². The van der Waals surface area contributed by atoms with E-state index in [0.29, 0.717) is 11.3 Å². The first-order valence-electron chi connectivity index (χ1n) is 7.02. The van der Waals surface area contributed by atoms with Gasteiger partial charge in [-0.3, -0.25) is 4.79 Å². The molecule has 0 aromatic heterocycles. The molecule has 3 nitrogen and oxygen atoms in total. The Morgan fingerprint density at radius 1 is 1.29 bits per heavy atom. The number of anilines is 2. The Labute approximate surface area is 132 Å². The number of carbonyl (C=O) groups is 1. The highest BCUT2D eigenvalue weighted by molar-refractivity contribution is 9.10. The third-order valence-corrected chi connectivity index (χ3v) is 4.29. The summed E-state index contributed by atoms with van der Waals surface area (Å²) in [6.07, 6.45) is 2.02. The highest BCUT2D eigenvalue weighted by Gasteiger charge is 2.25. The van der Waals surface area contributed by atoms with Crippen molar-refractivity contribution in [2.75, 3.05) is 17.2 Å². The number of carbonyl (C=O) groups excluding carboxylic acids is 1. The summed E-state index contributed by atoms with van der Waals surface area (Å²) < 4.78 is 0.827. The van der Waals surface area contributed by atoms with Crippen LogP contribution in [0.2, 0.25) is 0 Å². The van der Waals surface area contributed by atoms with Gasteiger partial charge in [0.15, 0.2) is 0 Å². The third kappa shape index (κ3) is 2.68. The lowest BCUT2D eigenvalue weighted by atomic mass is 9.97. The van der Waals surface area contributed by atoms with Gasteiger partial charge in [-0.05, 0) is 49.1 Å². The molecule has 4 heteroatoms. The Morgan fingerprint density at radius 3 is 2.86 bits per heavy atom. The summed E-state index contributed by atoms with van der Waals surface area (Å²) in [5.41, 5.74) is 10.5. The quantitative estimate of drug-likeness (QED) is 0.796. The number of nitrogens with two attached hydrogens (primary N) is 1. The van der Waals surface area contributed by atoms with Gasteiger partial charge in [-0.1, -0.05) is 34.1 Å². The number of hydrogen-bond acceptors (Lipinski definition) is 2. The van der Waals surface area contributed by atoms with Gasteiger partial charge in [0.05, 0.1) is 5.69 Å². The lowest BCUT2D eigenvalue weighted by Gasteiger charge is -2.31. The van der Waals surface area contributed by atoms with E-state index in [-0.39, 0.29) is 5.91 Å². The normalized spacial score (nSPS) is 13.9. The topological polar surface area (TPSA) is 46.3 Å². The van der Waals surface area contributed by atoms with E-state index in [1.54, 1.807) is 12.1 Å². The van der Waals surface area contributed by atoms with Gasteiger partial charge in [0, 0.05) is 22.3 Å². The van der Waals surface area contributed by atoms with Crippen LogP contribution in [-0.2, 0) is 6.42 Å². The number of fused-ring (bicyclic) bond motifs is 1. The van der Waals surface area contributed by atoms with Gasteiger partial charge < -0.3 is 10.6 Å². The van der Waals surface area contributed by atoms with Crippen molar-refractivity contribution >= 4 is 33.2 Å². The summed E-state index contributed by atoms with van der Waals surface area (Å²) in [7, 11) is 0. The number of aryl methyl sites for hydroxylation is 2. The van der Waals surface area contributed by atoms with Crippen LogP contribution in [0.15, 0.2) is 40.9 Å². The molecule has 3 rings (SSSR count). The molecular weight excluding hydrogens is 328 g/mol. The minimum Gasteiger partial charge on any atom is -0.399 e. The van der Waals surface area contributed by atoms with Crippen molar-refractivity contribution in [3.8, 4) is 0 Å². The zero-order valence-electron chi connectivity index (χ0n) is 11.9. The fraction of sp³-hybridized carbons (Fsp3) is 0.235. The molecule has 0 saturated heterocycles. The predicted molar refractivity (Wildman–Crippen MR) is 89.7 cm³/mol. The fourth-order valence-corrected chi connectivity index (χ4v) is 3.45. The number of amides is 1. The Kier molecular flexibility index (Phi) is 3.72. The van der Waals surface area contributed by atoms with Gasteiger partial charge in [0.1, 0.15) is 0 Å². The molecule has 0 spiro atoms. The van der Waals surface area contributed by atoms with Gasteiger partial charge in [0.2, 0.25) is 0 Å². The molecule has 1 amide bonds. The van der Waals surface area contributed by atoms with E-state index < -0.39 is 0 Å². The first-order valence-corrected chi connectivity index (χ1v) is 7.82. The molecule has 1 aliphatic heterocycles. The van der Waals surface area contributed by atoms with Crippen LogP contribution in [0.4, 0.5) is 11.4 Å². The maximum Gasteiger partial charge on any atom is 0.258 e. The number of nitrogens with zero attached hydrogens (tertiary/aromatic N) is 1. The maximum atomic E-state index is 12.9. The molecule has 2 N–H and O–H groups in total. The molecule has 0 unspecified atom stereocenters. The van der Waals surface area contributed by atoms with Crippen LogP contribution in [-0.4, -0.2) is 12.5 Å². The Bertz CT molecular complexity index is 692. The summed E-state index contributed by atoms with van der Waals surface area (Å²) >= 11 is 3.40. The van der Waals surface area contributed by atoms with E-state index in [1.807, 2.05) is 11.0 Å². The van der Waals surface area contributed by atoms with Crippen molar-refractivity contribution < 1.29 is 4.79 Å². The Balaban J connectivity index is 2.04. The van der Waals surface area contributed by atoms with E-state index >= 15 is 0 Å². The molecule has 0 radical (unpaired) electrons. The summed E-state index contributed by atoms with van der Waals surface area (Å²) in [6.45, 7) is 2.81. The standard InChI is InChI=1S/C17H17BrN2O/c1-11-4-2-5-12-6-3-7-20(16(11)12)17(21)13-8-14(18)10-15(19)9-13/h2,4-5,8-10H,3,6-7,19H2,1H3. The van der Waals surface area contributed by atoms with E-state index in [4.69, 9.17) is 5.73 Å². The predicted octanol–water partition coefficient (Wildman–Crippen LogP) is 3.93. The average Bonchev–Trinajstić information content (AvgIpc) is 2.45. The fourth-order valence-electron chi connectivity index (χ4n) is 2.94. The van der Waals surface area contributed by atoms with Gasteiger partial charge >= 0.3 is 0 Å². The number of hydrogen-bond donors (Lipinski definition) is 1. The maximum absolute atomic E-state index is 12.9. The highest BCUT2D eigenvalue weighted by atomic mass is 79.9. The van der Waals surface area contributed by atoms with E-state index in [2.05, 4.69) is 41.1 Å². The average molecular weight is 345 g/mol.